The first-order chi connectivity index (χ1) is 10.1. The standard InChI is InChI=1S/C18H17IN2/c1-12-5-4-7-15(18(12)19)16(20)11-14-10-9-13-6-2-3-8-17(13)21-14/h2-10,16H,11,20H2,1H3. The van der Waals surface area contributed by atoms with Gasteiger partial charge in [0.2, 0.25) is 0 Å². The molecule has 2 N–H and O–H groups in total. The second-order valence-electron chi connectivity index (χ2n) is 5.28. The van der Waals surface area contributed by atoms with E-state index < -0.39 is 0 Å². The summed E-state index contributed by atoms with van der Waals surface area (Å²) in [5, 5.41) is 1.17. The van der Waals surface area contributed by atoms with Crippen molar-refractivity contribution in [2.24, 2.45) is 5.73 Å². The van der Waals surface area contributed by atoms with Crippen molar-refractivity contribution in [3.63, 3.8) is 0 Å². The van der Waals surface area contributed by atoms with Crippen LogP contribution in [-0.4, -0.2) is 4.98 Å². The number of hydrogen-bond acceptors (Lipinski definition) is 2. The summed E-state index contributed by atoms with van der Waals surface area (Å²) >= 11 is 2.38. The summed E-state index contributed by atoms with van der Waals surface area (Å²) in [7, 11) is 0. The predicted molar refractivity (Wildman–Crippen MR) is 96.3 cm³/mol. The number of aromatic nitrogens is 1. The lowest BCUT2D eigenvalue weighted by atomic mass is 10.0. The van der Waals surface area contributed by atoms with Gasteiger partial charge in [0.15, 0.2) is 0 Å². The van der Waals surface area contributed by atoms with Crippen LogP contribution in [0.2, 0.25) is 0 Å². The molecule has 3 rings (SSSR count). The van der Waals surface area contributed by atoms with Gasteiger partial charge in [-0.2, -0.15) is 0 Å². The highest BCUT2D eigenvalue weighted by atomic mass is 127. The molecule has 0 saturated heterocycles. The summed E-state index contributed by atoms with van der Waals surface area (Å²) in [4.78, 5) is 4.71. The molecule has 0 aliphatic rings. The molecule has 1 unspecified atom stereocenters. The molecule has 0 radical (unpaired) electrons. The minimum absolute atomic E-state index is 0.0227. The molecule has 0 fully saturated rings. The van der Waals surface area contributed by atoms with Crippen LogP contribution in [0.25, 0.3) is 10.9 Å². The molecule has 0 aliphatic heterocycles. The minimum Gasteiger partial charge on any atom is -0.324 e. The topological polar surface area (TPSA) is 38.9 Å². The first-order valence-electron chi connectivity index (χ1n) is 7.00. The third-order valence-corrected chi connectivity index (χ3v) is 5.18. The maximum absolute atomic E-state index is 6.40. The van der Waals surface area contributed by atoms with Gasteiger partial charge in [0.1, 0.15) is 0 Å². The Balaban J connectivity index is 1.89. The molecule has 1 aromatic heterocycles. The fraction of sp³-hybridized carbons (Fsp3) is 0.167. The average Bonchev–Trinajstić information content (AvgIpc) is 2.50. The second kappa shape index (κ2) is 6.12. The Morgan fingerprint density at radius 2 is 1.86 bits per heavy atom. The SMILES string of the molecule is Cc1cccc(C(N)Cc2ccc3ccccc3n2)c1I. The second-order valence-corrected chi connectivity index (χ2v) is 6.36. The molecule has 1 heterocycles. The fourth-order valence-electron chi connectivity index (χ4n) is 2.51. The maximum Gasteiger partial charge on any atom is 0.0705 e. The third kappa shape index (κ3) is 3.09. The van der Waals surface area contributed by atoms with Crippen molar-refractivity contribution in [1.29, 1.82) is 0 Å². The summed E-state index contributed by atoms with van der Waals surface area (Å²) in [5.74, 6) is 0. The molecule has 3 aromatic rings. The Morgan fingerprint density at radius 1 is 1.05 bits per heavy atom. The van der Waals surface area contributed by atoms with E-state index in [2.05, 4.69) is 65.9 Å². The highest BCUT2D eigenvalue weighted by Gasteiger charge is 2.12. The third-order valence-electron chi connectivity index (χ3n) is 3.71. The number of nitrogens with two attached hydrogens (primary N) is 1. The largest absolute Gasteiger partial charge is 0.324 e. The van der Waals surface area contributed by atoms with Crippen LogP contribution < -0.4 is 5.73 Å². The molecule has 0 spiro atoms. The predicted octanol–water partition coefficient (Wildman–Crippen LogP) is 4.39. The van der Waals surface area contributed by atoms with Crippen molar-refractivity contribution >= 4 is 33.5 Å². The van der Waals surface area contributed by atoms with Crippen molar-refractivity contribution in [1.82, 2.24) is 4.98 Å². The van der Waals surface area contributed by atoms with Crippen LogP contribution in [0.4, 0.5) is 0 Å². The van der Waals surface area contributed by atoms with Crippen molar-refractivity contribution < 1.29 is 0 Å². The zero-order valence-corrected chi connectivity index (χ0v) is 14.0. The van der Waals surface area contributed by atoms with Gasteiger partial charge in [0.05, 0.1) is 5.52 Å². The van der Waals surface area contributed by atoms with Crippen molar-refractivity contribution in [2.45, 2.75) is 19.4 Å². The monoisotopic (exact) mass is 388 g/mol. The molecule has 2 aromatic carbocycles. The highest BCUT2D eigenvalue weighted by molar-refractivity contribution is 14.1. The number of nitrogens with zero attached hydrogens (tertiary/aromatic N) is 1. The van der Waals surface area contributed by atoms with Gasteiger partial charge in [-0.15, -0.1) is 0 Å². The van der Waals surface area contributed by atoms with E-state index in [0.29, 0.717) is 0 Å². The number of fused-ring (bicyclic) bond motifs is 1. The van der Waals surface area contributed by atoms with Crippen LogP contribution in [0.3, 0.4) is 0 Å². The molecule has 0 saturated carbocycles. The molecule has 21 heavy (non-hydrogen) atoms. The van der Waals surface area contributed by atoms with Crippen LogP contribution in [0, 0.1) is 10.5 Å². The van der Waals surface area contributed by atoms with Gasteiger partial charge >= 0.3 is 0 Å². The summed E-state index contributed by atoms with van der Waals surface area (Å²) < 4.78 is 1.25. The molecule has 0 bridgehead atoms. The Bertz CT molecular complexity index is 783. The number of pyridine rings is 1. The van der Waals surface area contributed by atoms with Crippen LogP contribution >= 0.6 is 22.6 Å². The summed E-state index contributed by atoms with van der Waals surface area (Å²) in [6.45, 7) is 2.12. The zero-order valence-electron chi connectivity index (χ0n) is 11.9. The van der Waals surface area contributed by atoms with E-state index >= 15 is 0 Å². The lowest BCUT2D eigenvalue weighted by molar-refractivity contribution is 0.704. The summed E-state index contributed by atoms with van der Waals surface area (Å²) in [6.07, 6.45) is 0.754. The van der Waals surface area contributed by atoms with Crippen molar-refractivity contribution in [3.8, 4) is 0 Å². The van der Waals surface area contributed by atoms with E-state index in [-0.39, 0.29) is 6.04 Å². The lowest BCUT2D eigenvalue weighted by Gasteiger charge is -2.15. The first kappa shape index (κ1) is 14.5. The van der Waals surface area contributed by atoms with Crippen LogP contribution in [0.5, 0.6) is 0 Å². The van der Waals surface area contributed by atoms with Gasteiger partial charge in [-0.05, 0) is 52.8 Å². The molecular weight excluding hydrogens is 371 g/mol. The number of rotatable bonds is 3. The molecule has 3 heteroatoms. The van der Waals surface area contributed by atoms with Crippen molar-refractivity contribution in [3.05, 3.63) is 75.0 Å². The molecular formula is C18H17IN2. The normalized spacial score (nSPS) is 12.5. The number of para-hydroxylation sites is 1. The van der Waals surface area contributed by atoms with E-state index in [1.54, 1.807) is 0 Å². The number of benzene rings is 2. The maximum atomic E-state index is 6.40. The van der Waals surface area contributed by atoms with Crippen LogP contribution in [-0.2, 0) is 6.42 Å². The van der Waals surface area contributed by atoms with Gasteiger partial charge < -0.3 is 5.73 Å². The smallest absolute Gasteiger partial charge is 0.0705 e. The van der Waals surface area contributed by atoms with Crippen LogP contribution in [0.1, 0.15) is 22.9 Å². The first-order valence-corrected chi connectivity index (χ1v) is 8.08. The zero-order chi connectivity index (χ0) is 14.8. The molecule has 106 valence electrons. The molecule has 0 aliphatic carbocycles. The number of aryl methyl sites for hydroxylation is 1. The Hall–Kier alpha value is -1.46. The number of halogens is 1. The van der Waals surface area contributed by atoms with Crippen molar-refractivity contribution in [2.75, 3.05) is 0 Å². The van der Waals surface area contributed by atoms with E-state index in [4.69, 9.17) is 10.7 Å². The fourth-order valence-corrected chi connectivity index (χ4v) is 3.27. The van der Waals surface area contributed by atoms with E-state index in [1.807, 2.05) is 18.2 Å². The quantitative estimate of drug-likeness (QED) is 0.676. The molecule has 0 amide bonds. The van der Waals surface area contributed by atoms with Crippen LogP contribution in [0.15, 0.2) is 54.6 Å². The highest BCUT2D eigenvalue weighted by Crippen LogP contribution is 2.24. The van der Waals surface area contributed by atoms with E-state index in [0.717, 1.165) is 17.6 Å². The van der Waals surface area contributed by atoms with Gasteiger partial charge in [0, 0.05) is 27.1 Å². The molecule has 1 atom stereocenters. The average molecular weight is 388 g/mol. The summed E-state index contributed by atoms with van der Waals surface area (Å²) in [5.41, 5.74) is 10.9. The van der Waals surface area contributed by atoms with E-state index in [1.165, 1.54) is 20.1 Å². The van der Waals surface area contributed by atoms with Gasteiger partial charge in [-0.25, -0.2) is 0 Å². The lowest BCUT2D eigenvalue weighted by Crippen LogP contribution is -2.16. The van der Waals surface area contributed by atoms with Gasteiger partial charge in [-0.1, -0.05) is 42.5 Å². The molecule has 2 nitrogen and oxygen atoms in total. The Morgan fingerprint density at radius 3 is 2.71 bits per heavy atom. The number of hydrogen-bond donors (Lipinski definition) is 1. The van der Waals surface area contributed by atoms with Gasteiger partial charge in [-0.3, -0.25) is 4.98 Å². The van der Waals surface area contributed by atoms with Gasteiger partial charge in [0.25, 0.3) is 0 Å². The van der Waals surface area contributed by atoms with E-state index in [9.17, 15) is 0 Å². The Kier molecular flexibility index (Phi) is 4.22. The summed E-state index contributed by atoms with van der Waals surface area (Å²) in [6, 6.07) is 18.6. The Labute approximate surface area is 138 Å². The minimum atomic E-state index is -0.0227.